The summed E-state index contributed by atoms with van der Waals surface area (Å²) in [5.41, 5.74) is 1.81. The Morgan fingerprint density at radius 2 is 1.92 bits per heavy atom. The summed E-state index contributed by atoms with van der Waals surface area (Å²) in [5.74, 6) is -0.974. The zero-order valence-corrected chi connectivity index (χ0v) is 14.6. The van der Waals surface area contributed by atoms with Gasteiger partial charge in [0, 0.05) is 13.0 Å². The first-order valence-electron chi connectivity index (χ1n) is 8.39. The highest BCUT2D eigenvalue weighted by molar-refractivity contribution is 5.76. The molecular weight excluding hydrogens is 337 g/mol. The van der Waals surface area contributed by atoms with Gasteiger partial charge in [-0.25, -0.2) is 9.18 Å². The van der Waals surface area contributed by atoms with Crippen molar-refractivity contribution >= 4 is 11.9 Å². The molecule has 0 fully saturated rings. The van der Waals surface area contributed by atoms with Crippen LogP contribution in [0.2, 0.25) is 0 Å². The average molecular weight is 359 g/mol. The van der Waals surface area contributed by atoms with Crippen LogP contribution in [0.5, 0.6) is 5.75 Å². The Morgan fingerprint density at radius 3 is 2.58 bits per heavy atom. The summed E-state index contributed by atoms with van der Waals surface area (Å²) in [6, 6.07) is 13.4. The number of nitrogens with one attached hydrogen (secondary N) is 1. The molecule has 2 rings (SSSR count). The molecule has 0 aliphatic heterocycles. The average Bonchev–Trinajstić information content (AvgIpc) is 2.61. The summed E-state index contributed by atoms with van der Waals surface area (Å²) in [5, 5.41) is 11.4. The van der Waals surface area contributed by atoms with Gasteiger partial charge in [-0.05, 0) is 47.7 Å². The van der Waals surface area contributed by atoms with Gasteiger partial charge in [-0.15, -0.1) is 0 Å². The number of carbonyl (C=O) groups is 2. The second-order valence-electron chi connectivity index (χ2n) is 6.09. The van der Waals surface area contributed by atoms with E-state index in [1.807, 2.05) is 25.1 Å². The number of amides is 1. The Morgan fingerprint density at radius 1 is 1.19 bits per heavy atom. The molecular formula is C20H22FNO4. The van der Waals surface area contributed by atoms with Crippen LogP contribution in [0.1, 0.15) is 30.4 Å². The Kier molecular flexibility index (Phi) is 7.14. The maximum absolute atomic E-state index is 13.2. The lowest BCUT2D eigenvalue weighted by atomic mass is 9.97. The van der Waals surface area contributed by atoms with Crippen LogP contribution in [0.4, 0.5) is 4.39 Å². The van der Waals surface area contributed by atoms with Crippen molar-refractivity contribution in [2.45, 2.75) is 25.7 Å². The number of ether oxygens (including phenoxy) is 1. The highest BCUT2D eigenvalue weighted by Gasteiger charge is 2.11. The number of aliphatic carboxylic acids is 1. The summed E-state index contributed by atoms with van der Waals surface area (Å²) in [7, 11) is 0. The van der Waals surface area contributed by atoms with Crippen LogP contribution in [0, 0.1) is 5.82 Å². The normalized spacial score (nSPS) is 11.6. The van der Waals surface area contributed by atoms with Gasteiger partial charge in [0.2, 0.25) is 5.91 Å². The molecule has 2 aromatic carbocycles. The molecule has 0 aliphatic carbocycles. The van der Waals surface area contributed by atoms with Gasteiger partial charge in [-0.2, -0.15) is 0 Å². The standard InChI is InChI=1S/C20H22FNO4/c1-14(16-3-2-4-17(21)12-16)11-19(23)22-10-9-15-5-7-18(8-6-15)26-13-20(24)25/h2-8,12,14H,9-11,13H2,1H3,(H,22,23)(H,24,25). The molecule has 2 N–H and O–H groups in total. The van der Waals surface area contributed by atoms with Gasteiger partial charge in [0.05, 0.1) is 0 Å². The van der Waals surface area contributed by atoms with Crippen LogP contribution >= 0.6 is 0 Å². The predicted molar refractivity (Wildman–Crippen MR) is 95.7 cm³/mol. The van der Waals surface area contributed by atoms with Gasteiger partial charge in [-0.3, -0.25) is 4.79 Å². The lowest BCUT2D eigenvalue weighted by Crippen LogP contribution is -2.26. The Bertz CT molecular complexity index is 746. The Hall–Kier alpha value is -2.89. The number of carboxylic acid groups (broad SMARTS) is 1. The molecule has 6 heteroatoms. The molecule has 1 unspecified atom stereocenters. The molecule has 0 aliphatic rings. The zero-order valence-electron chi connectivity index (χ0n) is 14.6. The molecule has 1 amide bonds. The molecule has 0 aromatic heterocycles. The van der Waals surface area contributed by atoms with Crippen LogP contribution in [0.25, 0.3) is 0 Å². The fourth-order valence-electron chi connectivity index (χ4n) is 2.52. The van der Waals surface area contributed by atoms with E-state index in [0.717, 1.165) is 11.1 Å². The van der Waals surface area contributed by atoms with Crippen LogP contribution < -0.4 is 10.1 Å². The molecule has 138 valence electrons. The van der Waals surface area contributed by atoms with Crippen LogP contribution in [-0.4, -0.2) is 30.1 Å². The Labute approximate surface area is 151 Å². The fraction of sp³-hybridized carbons (Fsp3) is 0.300. The molecule has 0 saturated carbocycles. The van der Waals surface area contributed by atoms with Gasteiger partial charge >= 0.3 is 5.97 Å². The quantitative estimate of drug-likeness (QED) is 0.721. The molecule has 26 heavy (non-hydrogen) atoms. The Balaban J connectivity index is 1.73. The second-order valence-corrected chi connectivity index (χ2v) is 6.09. The smallest absolute Gasteiger partial charge is 0.341 e. The minimum Gasteiger partial charge on any atom is -0.482 e. The minimum atomic E-state index is -1.02. The van der Waals surface area contributed by atoms with E-state index < -0.39 is 5.97 Å². The third-order valence-electron chi connectivity index (χ3n) is 3.93. The highest BCUT2D eigenvalue weighted by atomic mass is 19.1. The summed E-state index contributed by atoms with van der Waals surface area (Å²) in [6.07, 6.45) is 0.949. The zero-order chi connectivity index (χ0) is 18.9. The van der Waals surface area contributed by atoms with E-state index in [1.54, 1.807) is 18.2 Å². The van der Waals surface area contributed by atoms with Crippen LogP contribution in [0.3, 0.4) is 0 Å². The lowest BCUT2D eigenvalue weighted by molar-refractivity contribution is -0.139. The van der Waals surface area contributed by atoms with Crippen molar-refractivity contribution < 1.29 is 23.8 Å². The molecule has 0 radical (unpaired) electrons. The first kappa shape index (κ1) is 19.4. The molecule has 0 saturated heterocycles. The van der Waals surface area contributed by atoms with Crippen molar-refractivity contribution in [3.05, 3.63) is 65.5 Å². The summed E-state index contributed by atoms with van der Waals surface area (Å²) >= 11 is 0. The van der Waals surface area contributed by atoms with Gasteiger partial charge in [0.25, 0.3) is 0 Å². The third-order valence-corrected chi connectivity index (χ3v) is 3.93. The van der Waals surface area contributed by atoms with Gasteiger partial charge in [-0.1, -0.05) is 31.2 Å². The first-order valence-corrected chi connectivity index (χ1v) is 8.39. The molecule has 0 spiro atoms. The number of hydrogen-bond donors (Lipinski definition) is 2. The predicted octanol–water partition coefficient (Wildman–Crippen LogP) is 3.14. The second kappa shape index (κ2) is 9.56. The summed E-state index contributed by atoms with van der Waals surface area (Å²) in [6.45, 7) is 2.01. The lowest BCUT2D eigenvalue weighted by Gasteiger charge is -2.12. The topological polar surface area (TPSA) is 75.6 Å². The van der Waals surface area contributed by atoms with Gasteiger partial charge < -0.3 is 15.2 Å². The van der Waals surface area contributed by atoms with E-state index in [9.17, 15) is 14.0 Å². The number of halogens is 1. The number of hydrogen-bond acceptors (Lipinski definition) is 3. The highest BCUT2D eigenvalue weighted by Crippen LogP contribution is 2.19. The SMILES string of the molecule is CC(CC(=O)NCCc1ccc(OCC(=O)O)cc1)c1cccc(F)c1. The maximum Gasteiger partial charge on any atom is 0.341 e. The van der Waals surface area contributed by atoms with Crippen molar-refractivity contribution in [2.24, 2.45) is 0 Å². The monoisotopic (exact) mass is 359 g/mol. The van der Waals surface area contributed by atoms with Gasteiger partial charge in [0.1, 0.15) is 11.6 Å². The van der Waals surface area contributed by atoms with Crippen LogP contribution in [-0.2, 0) is 16.0 Å². The first-order chi connectivity index (χ1) is 12.4. The number of carbonyl (C=O) groups excluding carboxylic acids is 1. The van der Waals surface area contributed by atoms with Crippen molar-refractivity contribution in [3.8, 4) is 5.75 Å². The van der Waals surface area contributed by atoms with E-state index in [4.69, 9.17) is 9.84 Å². The molecule has 2 aromatic rings. The molecule has 0 heterocycles. The van der Waals surface area contributed by atoms with E-state index in [-0.39, 0.29) is 24.2 Å². The van der Waals surface area contributed by atoms with Crippen molar-refractivity contribution in [2.75, 3.05) is 13.2 Å². The largest absolute Gasteiger partial charge is 0.482 e. The number of rotatable bonds is 9. The van der Waals surface area contributed by atoms with E-state index in [0.29, 0.717) is 25.1 Å². The number of benzene rings is 2. The van der Waals surface area contributed by atoms with Crippen molar-refractivity contribution in [1.82, 2.24) is 5.32 Å². The molecule has 5 nitrogen and oxygen atoms in total. The summed E-state index contributed by atoms with van der Waals surface area (Å²) < 4.78 is 18.3. The van der Waals surface area contributed by atoms with Crippen LogP contribution in [0.15, 0.2) is 48.5 Å². The fourth-order valence-corrected chi connectivity index (χ4v) is 2.52. The molecule has 0 bridgehead atoms. The van der Waals surface area contributed by atoms with Gasteiger partial charge in [0.15, 0.2) is 6.61 Å². The third kappa shape index (κ3) is 6.55. The maximum atomic E-state index is 13.2. The van der Waals surface area contributed by atoms with Crippen molar-refractivity contribution in [1.29, 1.82) is 0 Å². The molecule has 1 atom stereocenters. The minimum absolute atomic E-state index is 0.0589. The van der Waals surface area contributed by atoms with E-state index in [1.165, 1.54) is 12.1 Å². The van der Waals surface area contributed by atoms with E-state index >= 15 is 0 Å². The summed E-state index contributed by atoms with van der Waals surface area (Å²) in [4.78, 5) is 22.5. The number of carboxylic acids is 1. The van der Waals surface area contributed by atoms with E-state index in [2.05, 4.69) is 5.32 Å². The van der Waals surface area contributed by atoms with Crippen molar-refractivity contribution in [3.63, 3.8) is 0 Å².